The van der Waals surface area contributed by atoms with E-state index in [1.165, 1.54) is 4.90 Å². The van der Waals surface area contributed by atoms with Crippen LogP contribution in [0.4, 0.5) is 0 Å². The second kappa shape index (κ2) is 9.52. The van der Waals surface area contributed by atoms with Gasteiger partial charge >= 0.3 is 5.97 Å². The number of amides is 2. The van der Waals surface area contributed by atoms with Crippen LogP contribution in [-0.4, -0.2) is 42.4 Å². The van der Waals surface area contributed by atoms with E-state index < -0.39 is 17.9 Å². The molecular weight excluding hydrogens is 344 g/mol. The van der Waals surface area contributed by atoms with E-state index in [2.05, 4.69) is 5.32 Å². The molecule has 2 aromatic rings. The quantitative estimate of drug-likeness (QED) is 0.762. The largest absolute Gasteiger partial charge is 0.454 e. The first-order valence-electron chi connectivity index (χ1n) is 8.73. The van der Waals surface area contributed by atoms with Crippen LogP contribution in [-0.2, 0) is 14.3 Å². The molecule has 0 heterocycles. The van der Waals surface area contributed by atoms with E-state index in [1.54, 1.807) is 61.6 Å². The van der Waals surface area contributed by atoms with E-state index in [1.807, 2.05) is 19.9 Å². The normalized spacial score (nSPS) is 11.6. The molecule has 2 aromatic carbocycles. The molecule has 6 nitrogen and oxygen atoms in total. The first-order valence-corrected chi connectivity index (χ1v) is 8.73. The van der Waals surface area contributed by atoms with Crippen molar-refractivity contribution in [3.8, 4) is 0 Å². The maximum Gasteiger partial charge on any atom is 0.333 e. The number of nitrogens with zero attached hydrogens (tertiary/aromatic N) is 1. The van der Waals surface area contributed by atoms with Gasteiger partial charge in [0.25, 0.3) is 11.8 Å². The van der Waals surface area contributed by atoms with Gasteiger partial charge in [0.05, 0.1) is 0 Å². The number of nitrogens with one attached hydrogen (secondary N) is 1. The van der Waals surface area contributed by atoms with Crippen molar-refractivity contribution in [1.29, 1.82) is 0 Å². The third-order valence-corrected chi connectivity index (χ3v) is 4.19. The van der Waals surface area contributed by atoms with Gasteiger partial charge in [-0.2, -0.15) is 0 Å². The van der Waals surface area contributed by atoms with Crippen molar-refractivity contribution in [3.63, 3.8) is 0 Å². The Morgan fingerprint density at radius 3 is 2.07 bits per heavy atom. The molecule has 27 heavy (non-hydrogen) atoms. The Hall–Kier alpha value is -3.15. The van der Waals surface area contributed by atoms with E-state index in [-0.39, 0.29) is 18.6 Å². The van der Waals surface area contributed by atoms with E-state index in [9.17, 15) is 14.4 Å². The molecule has 0 aromatic heterocycles. The second-order valence-corrected chi connectivity index (χ2v) is 6.39. The summed E-state index contributed by atoms with van der Waals surface area (Å²) in [6, 6.07) is 16.4. The van der Waals surface area contributed by atoms with Crippen molar-refractivity contribution in [1.82, 2.24) is 10.2 Å². The number of carbonyl (C=O) groups is 3. The smallest absolute Gasteiger partial charge is 0.333 e. The van der Waals surface area contributed by atoms with Crippen LogP contribution in [0.3, 0.4) is 0 Å². The van der Waals surface area contributed by atoms with Crippen LogP contribution in [0.2, 0.25) is 0 Å². The number of hydrogen-bond donors (Lipinski definition) is 1. The van der Waals surface area contributed by atoms with Gasteiger partial charge in [-0.15, -0.1) is 0 Å². The Labute approximate surface area is 159 Å². The minimum absolute atomic E-state index is 0.00101. The van der Waals surface area contributed by atoms with Gasteiger partial charge in [0.2, 0.25) is 0 Å². The first kappa shape index (κ1) is 20.2. The van der Waals surface area contributed by atoms with Gasteiger partial charge in [-0.3, -0.25) is 9.59 Å². The Balaban J connectivity index is 2.12. The van der Waals surface area contributed by atoms with E-state index in [0.717, 1.165) is 0 Å². The van der Waals surface area contributed by atoms with Gasteiger partial charge in [-0.25, -0.2) is 4.79 Å². The van der Waals surface area contributed by atoms with Crippen molar-refractivity contribution >= 4 is 17.8 Å². The Morgan fingerprint density at radius 2 is 1.52 bits per heavy atom. The summed E-state index contributed by atoms with van der Waals surface area (Å²) in [5, 5.41) is 2.69. The number of hydrogen-bond acceptors (Lipinski definition) is 4. The molecule has 0 bridgehead atoms. The minimum atomic E-state index is -1.00. The summed E-state index contributed by atoms with van der Waals surface area (Å²) in [5.74, 6) is -1.39. The SMILES string of the molecule is CC(C)N(C)C(=O)COC(=O)C(NC(=O)c1ccccc1)c1ccccc1. The number of carbonyl (C=O) groups excluding carboxylic acids is 3. The van der Waals surface area contributed by atoms with Crippen molar-refractivity contribution in [2.45, 2.75) is 25.9 Å². The average molecular weight is 368 g/mol. The standard InChI is InChI=1S/C21H24N2O4/c1-15(2)23(3)18(24)14-27-21(26)19(16-10-6-4-7-11-16)22-20(25)17-12-8-5-9-13-17/h4-13,15,19H,14H2,1-3H3,(H,22,25). The zero-order valence-electron chi connectivity index (χ0n) is 15.7. The summed E-state index contributed by atoms with van der Waals surface area (Å²) in [6.45, 7) is 3.36. The fraction of sp³-hybridized carbons (Fsp3) is 0.286. The lowest BCUT2D eigenvalue weighted by Crippen LogP contribution is -2.39. The highest BCUT2D eigenvalue weighted by Crippen LogP contribution is 2.16. The average Bonchev–Trinajstić information content (AvgIpc) is 2.70. The molecule has 6 heteroatoms. The minimum Gasteiger partial charge on any atom is -0.454 e. The molecule has 0 aliphatic rings. The van der Waals surface area contributed by atoms with Crippen LogP contribution in [0.5, 0.6) is 0 Å². The number of likely N-dealkylation sites (N-methyl/N-ethyl adjacent to an activating group) is 1. The summed E-state index contributed by atoms with van der Waals surface area (Å²) >= 11 is 0. The van der Waals surface area contributed by atoms with E-state index in [4.69, 9.17) is 4.74 Å². The van der Waals surface area contributed by atoms with Crippen molar-refractivity contribution < 1.29 is 19.1 Å². The van der Waals surface area contributed by atoms with E-state index >= 15 is 0 Å². The van der Waals surface area contributed by atoms with Gasteiger partial charge in [0, 0.05) is 18.7 Å². The van der Waals surface area contributed by atoms with Gasteiger partial charge < -0.3 is 15.0 Å². The summed E-state index contributed by atoms with van der Waals surface area (Å²) < 4.78 is 5.18. The number of esters is 1. The molecule has 142 valence electrons. The molecule has 1 atom stereocenters. The topological polar surface area (TPSA) is 75.7 Å². The molecule has 2 rings (SSSR count). The number of rotatable bonds is 7. The van der Waals surface area contributed by atoms with Crippen LogP contribution in [0.1, 0.15) is 35.8 Å². The molecule has 0 aliphatic carbocycles. The third-order valence-electron chi connectivity index (χ3n) is 4.19. The monoisotopic (exact) mass is 368 g/mol. The summed E-state index contributed by atoms with van der Waals surface area (Å²) in [4.78, 5) is 38.6. The Morgan fingerprint density at radius 1 is 0.963 bits per heavy atom. The van der Waals surface area contributed by atoms with Crippen LogP contribution in [0.15, 0.2) is 60.7 Å². The fourth-order valence-corrected chi connectivity index (χ4v) is 2.33. The molecule has 0 saturated carbocycles. The molecular formula is C21H24N2O4. The van der Waals surface area contributed by atoms with Gasteiger partial charge in [-0.05, 0) is 31.5 Å². The van der Waals surface area contributed by atoms with Crippen LogP contribution < -0.4 is 5.32 Å². The molecule has 0 spiro atoms. The van der Waals surface area contributed by atoms with Crippen molar-refractivity contribution in [3.05, 3.63) is 71.8 Å². The van der Waals surface area contributed by atoms with Crippen LogP contribution >= 0.6 is 0 Å². The zero-order valence-corrected chi connectivity index (χ0v) is 15.7. The predicted octanol–water partition coefficient (Wildman–Crippen LogP) is 2.57. The van der Waals surface area contributed by atoms with Crippen LogP contribution in [0.25, 0.3) is 0 Å². The predicted molar refractivity (Wildman–Crippen MR) is 102 cm³/mol. The number of ether oxygens (including phenoxy) is 1. The molecule has 1 N–H and O–H groups in total. The summed E-state index contributed by atoms with van der Waals surface area (Å²) in [7, 11) is 1.65. The summed E-state index contributed by atoms with van der Waals surface area (Å²) in [5.41, 5.74) is 1.01. The molecule has 1 unspecified atom stereocenters. The van der Waals surface area contributed by atoms with Gasteiger partial charge in [0.15, 0.2) is 12.6 Å². The van der Waals surface area contributed by atoms with Crippen molar-refractivity contribution in [2.75, 3.05) is 13.7 Å². The fourth-order valence-electron chi connectivity index (χ4n) is 2.33. The highest BCUT2D eigenvalue weighted by molar-refractivity contribution is 5.97. The maximum absolute atomic E-state index is 12.6. The Kier molecular flexibility index (Phi) is 7.11. The lowest BCUT2D eigenvalue weighted by molar-refractivity contribution is -0.153. The van der Waals surface area contributed by atoms with E-state index in [0.29, 0.717) is 11.1 Å². The first-order chi connectivity index (χ1) is 12.9. The maximum atomic E-state index is 12.6. The Bertz CT molecular complexity index is 775. The van der Waals surface area contributed by atoms with Gasteiger partial charge in [0.1, 0.15) is 0 Å². The molecule has 0 saturated heterocycles. The molecule has 2 amide bonds. The summed E-state index contributed by atoms with van der Waals surface area (Å²) in [6.07, 6.45) is 0. The molecule has 0 radical (unpaired) electrons. The van der Waals surface area contributed by atoms with Crippen molar-refractivity contribution in [2.24, 2.45) is 0 Å². The molecule has 0 aliphatic heterocycles. The van der Waals surface area contributed by atoms with Gasteiger partial charge in [-0.1, -0.05) is 48.5 Å². The highest BCUT2D eigenvalue weighted by Gasteiger charge is 2.26. The third kappa shape index (κ3) is 5.67. The second-order valence-electron chi connectivity index (χ2n) is 6.39. The molecule has 0 fully saturated rings. The van der Waals surface area contributed by atoms with Crippen LogP contribution in [0, 0.1) is 0 Å². The zero-order chi connectivity index (χ0) is 19.8. The number of benzene rings is 2. The lowest BCUT2D eigenvalue weighted by atomic mass is 10.1. The lowest BCUT2D eigenvalue weighted by Gasteiger charge is -2.22. The highest BCUT2D eigenvalue weighted by atomic mass is 16.5.